The van der Waals surface area contributed by atoms with Gasteiger partial charge in [-0.15, -0.1) is 0 Å². The standard InChI is InChI=1S/C23H25F2N3O3S/c1-2-31-19-5-3-6-20-21(19)26-23(32-20)28(10-4-9-27-11-13-30-14-12-27)22(29)16-7-8-17(24)18(25)15-16/h3,5-8,15H,2,4,9-14H2,1H3. The molecule has 1 amide bonds. The Bertz CT molecular complexity index is 1090. The van der Waals surface area contributed by atoms with Gasteiger partial charge in [0.2, 0.25) is 0 Å². The topological polar surface area (TPSA) is 54.9 Å². The highest BCUT2D eigenvalue weighted by Gasteiger charge is 2.23. The average molecular weight is 462 g/mol. The van der Waals surface area contributed by atoms with E-state index in [9.17, 15) is 13.6 Å². The minimum Gasteiger partial charge on any atom is -0.492 e. The molecule has 1 aliphatic heterocycles. The van der Waals surface area contributed by atoms with E-state index in [0.717, 1.165) is 36.5 Å². The zero-order chi connectivity index (χ0) is 22.5. The molecular weight excluding hydrogens is 436 g/mol. The van der Waals surface area contributed by atoms with Crippen molar-refractivity contribution in [1.29, 1.82) is 0 Å². The summed E-state index contributed by atoms with van der Waals surface area (Å²) in [6.45, 7) is 6.73. The van der Waals surface area contributed by atoms with Crippen LogP contribution in [0.3, 0.4) is 0 Å². The molecule has 9 heteroatoms. The van der Waals surface area contributed by atoms with Crippen LogP contribution in [0.2, 0.25) is 0 Å². The lowest BCUT2D eigenvalue weighted by molar-refractivity contribution is 0.0376. The molecular formula is C23H25F2N3O3S. The van der Waals surface area contributed by atoms with Crippen molar-refractivity contribution in [2.45, 2.75) is 13.3 Å². The van der Waals surface area contributed by atoms with E-state index in [4.69, 9.17) is 9.47 Å². The van der Waals surface area contributed by atoms with Crippen molar-refractivity contribution < 1.29 is 23.0 Å². The van der Waals surface area contributed by atoms with Gasteiger partial charge in [-0.25, -0.2) is 13.8 Å². The van der Waals surface area contributed by atoms with E-state index >= 15 is 0 Å². The second-order valence-electron chi connectivity index (χ2n) is 7.43. The Labute approximate surface area is 189 Å². The van der Waals surface area contributed by atoms with Crippen LogP contribution in [0, 0.1) is 11.6 Å². The summed E-state index contributed by atoms with van der Waals surface area (Å²) in [4.78, 5) is 21.8. The number of morpholine rings is 1. The first kappa shape index (κ1) is 22.6. The minimum absolute atomic E-state index is 0.0829. The van der Waals surface area contributed by atoms with E-state index in [-0.39, 0.29) is 5.56 Å². The highest BCUT2D eigenvalue weighted by atomic mass is 32.1. The normalized spacial score (nSPS) is 14.6. The number of aromatic nitrogens is 1. The number of amides is 1. The van der Waals surface area contributed by atoms with Crippen molar-refractivity contribution in [3.8, 4) is 5.75 Å². The quantitative estimate of drug-likeness (QED) is 0.500. The van der Waals surface area contributed by atoms with Gasteiger partial charge in [-0.1, -0.05) is 17.4 Å². The summed E-state index contributed by atoms with van der Waals surface area (Å²) in [6, 6.07) is 8.86. The number of hydrogen-bond donors (Lipinski definition) is 0. The van der Waals surface area contributed by atoms with Gasteiger partial charge in [0.25, 0.3) is 5.91 Å². The van der Waals surface area contributed by atoms with E-state index in [0.29, 0.717) is 49.2 Å². The van der Waals surface area contributed by atoms with Gasteiger partial charge in [-0.3, -0.25) is 14.6 Å². The van der Waals surface area contributed by atoms with Crippen LogP contribution in [-0.2, 0) is 4.74 Å². The Morgan fingerprint density at radius 1 is 1.22 bits per heavy atom. The molecule has 0 radical (unpaired) electrons. The van der Waals surface area contributed by atoms with E-state index < -0.39 is 17.5 Å². The van der Waals surface area contributed by atoms with Crippen molar-refractivity contribution >= 4 is 32.6 Å². The number of halogens is 2. The molecule has 4 rings (SSSR count). The molecule has 0 atom stereocenters. The maximum atomic E-state index is 13.8. The summed E-state index contributed by atoms with van der Waals surface area (Å²) in [7, 11) is 0. The minimum atomic E-state index is -1.05. The number of thiazole rings is 1. The molecule has 1 aromatic heterocycles. The molecule has 1 fully saturated rings. The number of rotatable bonds is 8. The molecule has 0 bridgehead atoms. The van der Waals surface area contributed by atoms with Gasteiger partial charge in [0.1, 0.15) is 11.3 Å². The molecule has 170 valence electrons. The third-order valence-electron chi connectivity index (χ3n) is 5.27. The van der Waals surface area contributed by atoms with Crippen LogP contribution in [0.5, 0.6) is 5.75 Å². The molecule has 2 aromatic carbocycles. The van der Waals surface area contributed by atoms with Gasteiger partial charge in [0.05, 0.1) is 24.5 Å². The number of hydrogen-bond acceptors (Lipinski definition) is 6. The number of nitrogens with zero attached hydrogens (tertiary/aromatic N) is 3. The zero-order valence-corrected chi connectivity index (χ0v) is 18.7. The van der Waals surface area contributed by atoms with Crippen molar-refractivity contribution in [3.63, 3.8) is 0 Å². The zero-order valence-electron chi connectivity index (χ0n) is 17.9. The number of carbonyl (C=O) groups excluding carboxylic acids is 1. The molecule has 0 spiro atoms. The Balaban J connectivity index is 1.61. The molecule has 32 heavy (non-hydrogen) atoms. The number of para-hydroxylation sites is 1. The number of fused-ring (bicyclic) bond motifs is 1. The Kier molecular flexibility index (Phi) is 7.29. The van der Waals surface area contributed by atoms with Crippen LogP contribution in [0.1, 0.15) is 23.7 Å². The van der Waals surface area contributed by atoms with Crippen LogP contribution < -0.4 is 9.64 Å². The molecule has 2 heterocycles. The Morgan fingerprint density at radius 2 is 2.03 bits per heavy atom. The van der Waals surface area contributed by atoms with Crippen LogP contribution >= 0.6 is 11.3 Å². The summed E-state index contributed by atoms with van der Waals surface area (Å²) in [5.74, 6) is -1.79. The van der Waals surface area contributed by atoms with Crippen molar-refractivity contribution in [2.75, 3.05) is 50.9 Å². The van der Waals surface area contributed by atoms with Crippen LogP contribution in [0.25, 0.3) is 10.2 Å². The lowest BCUT2D eigenvalue weighted by Crippen LogP contribution is -2.39. The van der Waals surface area contributed by atoms with E-state index in [1.807, 2.05) is 25.1 Å². The molecule has 1 saturated heterocycles. The second kappa shape index (κ2) is 10.3. The first-order valence-corrected chi connectivity index (χ1v) is 11.5. The fourth-order valence-electron chi connectivity index (χ4n) is 3.65. The molecule has 6 nitrogen and oxygen atoms in total. The van der Waals surface area contributed by atoms with Gasteiger partial charge in [0.15, 0.2) is 16.8 Å². The Hall–Kier alpha value is -2.62. The molecule has 3 aromatic rings. The number of carbonyl (C=O) groups is 1. The van der Waals surface area contributed by atoms with Gasteiger partial charge >= 0.3 is 0 Å². The van der Waals surface area contributed by atoms with E-state index in [1.54, 1.807) is 4.90 Å². The fourth-order valence-corrected chi connectivity index (χ4v) is 4.65. The number of anilines is 1. The van der Waals surface area contributed by atoms with Gasteiger partial charge in [-0.2, -0.15) is 0 Å². The predicted octanol–water partition coefficient (Wildman–Crippen LogP) is 4.34. The van der Waals surface area contributed by atoms with Crippen molar-refractivity contribution in [3.05, 3.63) is 53.6 Å². The predicted molar refractivity (Wildman–Crippen MR) is 121 cm³/mol. The van der Waals surface area contributed by atoms with Crippen LogP contribution in [0.4, 0.5) is 13.9 Å². The van der Waals surface area contributed by atoms with Gasteiger partial charge < -0.3 is 9.47 Å². The number of benzene rings is 2. The first-order valence-electron chi connectivity index (χ1n) is 10.7. The summed E-state index contributed by atoms with van der Waals surface area (Å²) in [6.07, 6.45) is 0.712. The van der Waals surface area contributed by atoms with Crippen molar-refractivity contribution in [1.82, 2.24) is 9.88 Å². The molecule has 0 saturated carbocycles. The van der Waals surface area contributed by atoms with Crippen LogP contribution in [-0.4, -0.2) is 61.8 Å². The summed E-state index contributed by atoms with van der Waals surface area (Å²) in [5.41, 5.74) is 0.769. The van der Waals surface area contributed by atoms with E-state index in [1.165, 1.54) is 17.4 Å². The smallest absolute Gasteiger partial charge is 0.260 e. The summed E-state index contributed by atoms with van der Waals surface area (Å²) < 4.78 is 39.2. The fraction of sp³-hybridized carbons (Fsp3) is 0.391. The summed E-state index contributed by atoms with van der Waals surface area (Å²) in [5, 5.41) is 0.504. The summed E-state index contributed by atoms with van der Waals surface area (Å²) >= 11 is 1.37. The number of ether oxygens (including phenoxy) is 2. The molecule has 1 aliphatic rings. The second-order valence-corrected chi connectivity index (χ2v) is 8.43. The SMILES string of the molecule is CCOc1cccc2sc(N(CCCN3CCOCC3)C(=O)c3ccc(F)c(F)c3)nc12. The van der Waals surface area contributed by atoms with Crippen LogP contribution in [0.15, 0.2) is 36.4 Å². The largest absolute Gasteiger partial charge is 0.492 e. The lowest BCUT2D eigenvalue weighted by Gasteiger charge is -2.27. The monoisotopic (exact) mass is 461 g/mol. The van der Waals surface area contributed by atoms with Gasteiger partial charge in [-0.05, 0) is 43.7 Å². The first-order chi connectivity index (χ1) is 15.6. The van der Waals surface area contributed by atoms with Crippen molar-refractivity contribution in [2.24, 2.45) is 0 Å². The highest BCUT2D eigenvalue weighted by molar-refractivity contribution is 7.22. The third-order valence-corrected chi connectivity index (χ3v) is 6.32. The van der Waals surface area contributed by atoms with E-state index in [2.05, 4.69) is 9.88 Å². The average Bonchev–Trinajstić information content (AvgIpc) is 3.24. The maximum absolute atomic E-state index is 13.8. The molecule has 0 aliphatic carbocycles. The Morgan fingerprint density at radius 3 is 2.78 bits per heavy atom. The third kappa shape index (κ3) is 5.06. The maximum Gasteiger partial charge on any atom is 0.260 e. The highest BCUT2D eigenvalue weighted by Crippen LogP contribution is 2.35. The lowest BCUT2D eigenvalue weighted by atomic mass is 10.2. The van der Waals surface area contributed by atoms with Gasteiger partial charge in [0, 0.05) is 31.7 Å². The molecule has 0 N–H and O–H groups in total. The molecule has 0 unspecified atom stereocenters.